The molecule has 0 bridgehead atoms. The van der Waals surface area contributed by atoms with E-state index in [0.29, 0.717) is 18.2 Å². The highest BCUT2D eigenvalue weighted by Gasteiger charge is 2.26. The third kappa shape index (κ3) is 7.89. The molecule has 6 nitrogen and oxygen atoms in total. The van der Waals surface area contributed by atoms with Gasteiger partial charge < -0.3 is 20.1 Å². The minimum absolute atomic E-state index is 0.308. The van der Waals surface area contributed by atoms with Gasteiger partial charge in [-0.3, -0.25) is 9.89 Å². The summed E-state index contributed by atoms with van der Waals surface area (Å²) in [5.41, 5.74) is 1.40. The van der Waals surface area contributed by atoms with Gasteiger partial charge in [0, 0.05) is 51.5 Å². The predicted octanol–water partition coefficient (Wildman–Crippen LogP) is 3.18. The maximum atomic E-state index is 5.74. The fraction of sp³-hybridized carbons (Fsp3) is 0.708. The molecule has 2 N–H and O–H groups in total. The summed E-state index contributed by atoms with van der Waals surface area (Å²) in [5, 5.41) is 7.05. The van der Waals surface area contributed by atoms with E-state index < -0.39 is 0 Å². The number of hydrogen-bond acceptors (Lipinski definition) is 4. The van der Waals surface area contributed by atoms with Gasteiger partial charge >= 0.3 is 0 Å². The monoisotopic (exact) mass is 416 g/mol. The van der Waals surface area contributed by atoms with E-state index in [1.165, 1.54) is 12.0 Å². The quantitative estimate of drug-likeness (QED) is 0.349. The first kappa shape index (κ1) is 23.0. The summed E-state index contributed by atoms with van der Waals surface area (Å²) in [7, 11) is 0. The third-order valence-corrected chi connectivity index (χ3v) is 5.97. The standard InChI is InChI=1S/C24H40N4O2/c1-3-25-24(26-13-8-15-29-19-23-11-7-16-30-23)27-22-12-14-28(20(2)17-22)18-21-9-5-4-6-10-21/h4-6,9-10,20,22-23H,3,7-8,11-19H2,1-2H3,(H2,25,26,27). The van der Waals surface area contributed by atoms with Crippen molar-refractivity contribution in [2.24, 2.45) is 4.99 Å². The molecule has 2 heterocycles. The Bertz CT molecular complexity index is 619. The molecule has 2 saturated heterocycles. The minimum atomic E-state index is 0.308. The van der Waals surface area contributed by atoms with Crippen molar-refractivity contribution in [2.45, 2.75) is 70.7 Å². The number of guanidine groups is 1. The van der Waals surface area contributed by atoms with Gasteiger partial charge in [-0.1, -0.05) is 30.3 Å². The smallest absolute Gasteiger partial charge is 0.191 e. The van der Waals surface area contributed by atoms with Crippen LogP contribution in [-0.4, -0.2) is 68.5 Å². The molecule has 0 amide bonds. The number of likely N-dealkylation sites (tertiary alicyclic amines) is 1. The Labute approximate surface area is 182 Å². The van der Waals surface area contributed by atoms with Crippen molar-refractivity contribution in [3.05, 3.63) is 35.9 Å². The second kappa shape index (κ2) is 12.9. The second-order valence-corrected chi connectivity index (χ2v) is 8.49. The second-order valence-electron chi connectivity index (χ2n) is 8.49. The SMILES string of the molecule is CCNC(=NCCCOCC1CCCO1)NC1CCN(Cc2ccccc2)C(C)C1. The van der Waals surface area contributed by atoms with Crippen LogP contribution >= 0.6 is 0 Å². The molecule has 6 heteroatoms. The third-order valence-electron chi connectivity index (χ3n) is 5.97. The van der Waals surface area contributed by atoms with Gasteiger partial charge in [0.2, 0.25) is 0 Å². The number of ether oxygens (including phenoxy) is 2. The van der Waals surface area contributed by atoms with Crippen molar-refractivity contribution in [1.29, 1.82) is 0 Å². The lowest BCUT2D eigenvalue weighted by Crippen LogP contribution is -2.51. The normalized spacial score (nSPS) is 25.4. The summed E-state index contributed by atoms with van der Waals surface area (Å²) in [6.45, 7) is 10.6. The lowest BCUT2D eigenvalue weighted by molar-refractivity contribution is 0.0171. The van der Waals surface area contributed by atoms with Crippen LogP contribution in [0.2, 0.25) is 0 Å². The summed E-state index contributed by atoms with van der Waals surface area (Å²) in [6, 6.07) is 11.8. The van der Waals surface area contributed by atoms with Gasteiger partial charge in [-0.25, -0.2) is 0 Å². The number of aliphatic imine (C=N–C) groups is 1. The number of hydrogen-bond donors (Lipinski definition) is 2. The zero-order valence-electron chi connectivity index (χ0n) is 18.8. The van der Waals surface area contributed by atoms with E-state index in [1.807, 2.05) is 0 Å². The molecule has 0 aliphatic carbocycles. The topological polar surface area (TPSA) is 58.1 Å². The molecule has 0 spiro atoms. The van der Waals surface area contributed by atoms with Gasteiger partial charge in [0.15, 0.2) is 5.96 Å². The number of nitrogens with zero attached hydrogens (tertiary/aromatic N) is 2. The van der Waals surface area contributed by atoms with Gasteiger partial charge in [0.05, 0.1) is 12.7 Å². The van der Waals surface area contributed by atoms with Crippen molar-refractivity contribution in [2.75, 3.05) is 39.5 Å². The largest absolute Gasteiger partial charge is 0.379 e. The van der Waals surface area contributed by atoms with Gasteiger partial charge in [-0.15, -0.1) is 0 Å². The highest BCUT2D eigenvalue weighted by atomic mass is 16.5. The van der Waals surface area contributed by atoms with Crippen LogP contribution in [0.3, 0.4) is 0 Å². The maximum absolute atomic E-state index is 5.74. The van der Waals surface area contributed by atoms with E-state index in [4.69, 9.17) is 14.5 Å². The highest BCUT2D eigenvalue weighted by molar-refractivity contribution is 5.80. The number of nitrogens with one attached hydrogen (secondary N) is 2. The van der Waals surface area contributed by atoms with Crippen LogP contribution in [0.25, 0.3) is 0 Å². The molecule has 2 aliphatic heterocycles. The van der Waals surface area contributed by atoms with E-state index in [1.54, 1.807) is 0 Å². The molecular formula is C24H40N4O2. The Balaban J connectivity index is 1.36. The van der Waals surface area contributed by atoms with Gasteiger partial charge in [0.25, 0.3) is 0 Å². The van der Waals surface area contributed by atoms with Crippen LogP contribution in [0, 0.1) is 0 Å². The van der Waals surface area contributed by atoms with Crippen LogP contribution < -0.4 is 10.6 Å². The molecule has 1 aromatic rings. The van der Waals surface area contributed by atoms with Crippen LogP contribution in [0.15, 0.2) is 35.3 Å². The molecular weight excluding hydrogens is 376 g/mol. The molecule has 3 rings (SSSR count). The zero-order valence-corrected chi connectivity index (χ0v) is 18.8. The molecule has 3 atom stereocenters. The average molecular weight is 417 g/mol. The molecule has 1 aromatic carbocycles. The Kier molecular flexibility index (Phi) is 9.93. The molecule has 168 valence electrons. The van der Waals surface area contributed by atoms with Gasteiger partial charge in [-0.05, 0) is 51.5 Å². The summed E-state index contributed by atoms with van der Waals surface area (Å²) in [6.07, 6.45) is 5.83. The fourth-order valence-electron chi connectivity index (χ4n) is 4.27. The predicted molar refractivity (Wildman–Crippen MR) is 123 cm³/mol. The Hall–Kier alpha value is -1.63. The molecule has 30 heavy (non-hydrogen) atoms. The van der Waals surface area contributed by atoms with Crippen molar-refractivity contribution >= 4 is 5.96 Å². The molecule has 0 aromatic heterocycles. The van der Waals surface area contributed by atoms with E-state index in [0.717, 1.165) is 77.6 Å². The lowest BCUT2D eigenvalue weighted by atomic mass is 9.97. The number of piperidine rings is 1. The molecule has 2 fully saturated rings. The maximum Gasteiger partial charge on any atom is 0.191 e. The first-order valence-corrected chi connectivity index (χ1v) is 11.8. The first-order valence-electron chi connectivity index (χ1n) is 11.8. The van der Waals surface area contributed by atoms with Crippen molar-refractivity contribution in [1.82, 2.24) is 15.5 Å². The lowest BCUT2D eigenvalue weighted by Gasteiger charge is -2.38. The minimum Gasteiger partial charge on any atom is -0.379 e. The summed E-state index contributed by atoms with van der Waals surface area (Å²) >= 11 is 0. The van der Waals surface area contributed by atoms with E-state index in [-0.39, 0.29) is 0 Å². The van der Waals surface area contributed by atoms with Crippen molar-refractivity contribution in [3.63, 3.8) is 0 Å². The van der Waals surface area contributed by atoms with Crippen molar-refractivity contribution < 1.29 is 9.47 Å². The summed E-state index contributed by atoms with van der Waals surface area (Å²) in [4.78, 5) is 7.34. The van der Waals surface area contributed by atoms with Crippen molar-refractivity contribution in [3.8, 4) is 0 Å². The summed E-state index contributed by atoms with van der Waals surface area (Å²) in [5.74, 6) is 0.935. The Morgan fingerprint density at radius 2 is 2.13 bits per heavy atom. The molecule has 0 radical (unpaired) electrons. The zero-order chi connectivity index (χ0) is 21.0. The Morgan fingerprint density at radius 3 is 2.87 bits per heavy atom. The van der Waals surface area contributed by atoms with Gasteiger partial charge in [-0.2, -0.15) is 0 Å². The van der Waals surface area contributed by atoms with Gasteiger partial charge in [0.1, 0.15) is 0 Å². The highest BCUT2D eigenvalue weighted by Crippen LogP contribution is 2.20. The van der Waals surface area contributed by atoms with E-state index in [9.17, 15) is 0 Å². The molecule has 2 aliphatic rings. The molecule has 0 saturated carbocycles. The van der Waals surface area contributed by atoms with Crippen LogP contribution in [0.1, 0.15) is 51.5 Å². The van der Waals surface area contributed by atoms with Crippen LogP contribution in [-0.2, 0) is 16.0 Å². The first-order chi connectivity index (χ1) is 14.7. The van der Waals surface area contributed by atoms with Crippen LogP contribution in [0.5, 0.6) is 0 Å². The molecule has 3 unspecified atom stereocenters. The van der Waals surface area contributed by atoms with E-state index >= 15 is 0 Å². The van der Waals surface area contributed by atoms with E-state index in [2.05, 4.69) is 59.7 Å². The average Bonchev–Trinajstić information content (AvgIpc) is 3.27. The number of benzene rings is 1. The van der Waals surface area contributed by atoms with Crippen LogP contribution in [0.4, 0.5) is 0 Å². The summed E-state index contributed by atoms with van der Waals surface area (Å²) < 4.78 is 11.3. The Morgan fingerprint density at radius 1 is 1.27 bits per heavy atom. The number of rotatable bonds is 10. The fourth-order valence-corrected chi connectivity index (χ4v) is 4.27.